The second-order valence-corrected chi connectivity index (χ2v) is 4.64. The highest BCUT2D eigenvalue weighted by atomic mass is 32.1. The van der Waals surface area contributed by atoms with E-state index in [1.165, 1.54) is 0 Å². The van der Waals surface area contributed by atoms with Crippen LogP contribution in [-0.2, 0) is 4.79 Å². The van der Waals surface area contributed by atoms with Crippen LogP contribution >= 0.6 is 12.2 Å². The van der Waals surface area contributed by atoms with Gasteiger partial charge in [-0.25, -0.2) is 0 Å². The molecule has 0 aliphatic heterocycles. The predicted octanol–water partition coefficient (Wildman–Crippen LogP) is 2.32. The van der Waals surface area contributed by atoms with Crippen LogP contribution in [0.3, 0.4) is 0 Å². The van der Waals surface area contributed by atoms with Crippen molar-refractivity contribution in [3.8, 4) is 0 Å². The average Bonchev–Trinajstić information content (AvgIpc) is 2.88. The third kappa shape index (κ3) is 3.00. The smallest absolute Gasteiger partial charge is 0.247 e. The van der Waals surface area contributed by atoms with E-state index in [4.69, 9.17) is 18.0 Å². The molecule has 0 aliphatic carbocycles. The standard InChI is InChI=1S/C14H15N3OS/c1-10(17-9-5-8-12(17)13(15)19)14(18)16-11-6-3-2-4-7-11/h2-10H,1H3,(H2,15,19)(H,16,18). The Balaban J connectivity index is 2.15. The third-order valence-corrected chi connectivity index (χ3v) is 3.08. The summed E-state index contributed by atoms with van der Waals surface area (Å²) in [5.41, 5.74) is 7.08. The molecule has 0 saturated heterocycles. The van der Waals surface area contributed by atoms with Gasteiger partial charge in [0, 0.05) is 11.9 Å². The van der Waals surface area contributed by atoms with Crippen LogP contribution in [0, 0.1) is 0 Å². The second-order valence-electron chi connectivity index (χ2n) is 4.20. The number of amides is 1. The molecule has 2 rings (SSSR count). The normalized spacial score (nSPS) is 11.8. The molecule has 1 atom stereocenters. The van der Waals surface area contributed by atoms with E-state index in [2.05, 4.69) is 5.32 Å². The minimum atomic E-state index is -0.383. The monoisotopic (exact) mass is 273 g/mol. The summed E-state index contributed by atoms with van der Waals surface area (Å²) in [6.45, 7) is 1.81. The van der Waals surface area contributed by atoms with Gasteiger partial charge in [0.2, 0.25) is 5.91 Å². The number of carbonyl (C=O) groups excluding carboxylic acids is 1. The number of nitrogens with two attached hydrogens (primary N) is 1. The summed E-state index contributed by atoms with van der Waals surface area (Å²) < 4.78 is 1.76. The van der Waals surface area contributed by atoms with Gasteiger partial charge in [-0.05, 0) is 31.2 Å². The Hall–Kier alpha value is -2.14. The predicted molar refractivity (Wildman–Crippen MR) is 80.1 cm³/mol. The van der Waals surface area contributed by atoms with E-state index in [0.717, 1.165) is 5.69 Å². The summed E-state index contributed by atoms with van der Waals surface area (Å²) in [7, 11) is 0. The Bertz CT molecular complexity index is 592. The highest BCUT2D eigenvalue weighted by Crippen LogP contribution is 2.15. The van der Waals surface area contributed by atoms with Crippen molar-refractivity contribution in [1.29, 1.82) is 0 Å². The number of para-hydroxylation sites is 1. The fraction of sp³-hybridized carbons (Fsp3) is 0.143. The van der Waals surface area contributed by atoms with Crippen molar-refractivity contribution >= 4 is 28.8 Å². The van der Waals surface area contributed by atoms with E-state index in [1.807, 2.05) is 36.4 Å². The van der Waals surface area contributed by atoms with Crippen LogP contribution in [0.15, 0.2) is 48.7 Å². The van der Waals surface area contributed by atoms with Gasteiger partial charge in [0.05, 0.1) is 5.69 Å². The van der Waals surface area contributed by atoms with Gasteiger partial charge in [0.15, 0.2) is 0 Å². The lowest BCUT2D eigenvalue weighted by Gasteiger charge is -2.16. The highest BCUT2D eigenvalue weighted by molar-refractivity contribution is 7.80. The molecule has 0 aliphatic rings. The SMILES string of the molecule is CC(C(=O)Nc1ccccc1)n1cccc1C(N)=S. The first-order valence-electron chi connectivity index (χ1n) is 5.92. The number of hydrogen-bond acceptors (Lipinski definition) is 2. The van der Waals surface area contributed by atoms with E-state index in [9.17, 15) is 4.79 Å². The van der Waals surface area contributed by atoms with E-state index in [-0.39, 0.29) is 16.9 Å². The zero-order valence-corrected chi connectivity index (χ0v) is 11.4. The van der Waals surface area contributed by atoms with Gasteiger partial charge in [-0.15, -0.1) is 0 Å². The fourth-order valence-corrected chi connectivity index (χ4v) is 2.01. The molecule has 1 heterocycles. The van der Waals surface area contributed by atoms with Crippen molar-refractivity contribution in [1.82, 2.24) is 4.57 Å². The van der Waals surface area contributed by atoms with Crippen molar-refractivity contribution in [3.63, 3.8) is 0 Å². The Morgan fingerprint density at radius 1 is 1.26 bits per heavy atom. The van der Waals surface area contributed by atoms with E-state index >= 15 is 0 Å². The molecule has 2 aromatic rings. The zero-order valence-electron chi connectivity index (χ0n) is 10.5. The van der Waals surface area contributed by atoms with Crippen molar-refractivity contribution in [3.05, 3.63) is 54.4 Å². The molecule has 4 nitrogen and oxygen atoms in total. The first-order chi connectivity index (χ1) is 9.09. The molecule has 0 bridgehead atoms. The molecule has 1 aromatic heterocycles. The Morgan fingerprint density at radius 2 is 1.95 bits per heavy atom. The van der Waals surface area contributed by atoms with Crippen LogP contribution in [0.2, 0.25) is 0 Å². The third-order valence-electron chi connectivity index (χ3n) is 2.87. The van der Waals surface area contributed by atoms with E-state index in [1.54, 1.807) is 23.8 Å². The first kappa shape index (κ1) is 13.3. The molecule has 1 unspecified atom stereocenters. The summed E-state index contributed by atoms with van der Waals surface area (Å²) in [6, 6.07) is 12.6. The van der Waals surface area contributed by atoms with Gasteiger partial charge >= 0.3 is 0 Å². The van der Waals surface area contributed by atoms with Crippen molar-refractivity contribution in [2.24, 2.45) is 5.73 Å². The van der Waals surface area contributed by atoms with E-state index in [0.29, 0.717) is 5.69 Å². The number of carbonyl (C=O) groups is 1. The largest absolute Gasteiger partial charge is 0.388 e. The molecule has 0 radical (unpaired) electrons. The van der Waals surface area contributed by atoms with Gasteiger partial charge in [-0.1, -0.05) is 30.4 Å². The van der Waals surface area contributed by atoms with E-state index < -0.39 is 0 Å². The molecule has 0 spiro atoms. The number of nitrogens with one attached hydrogen (secondary N) is 1. The maximum Gasteiger partial charge on any atom is 0.247 e. The number of benzene rings is 1. The maximum atomic E-state index is 12.2. The summed E-state index contributed by atoms with van der Waals surface area (Å²) in [4.78, 5) is 12.5. The number of anilines is 1. The molecule has 1 aromatic carbocycles. The molecule has 98 valence electrons. The summed E-state index contributed by atoms with van der Waals surface area (Å²) >= 11 is 4.96. The van der Waals surface area contributed by atoms with Crippen LogP contribution < -0.4 is 11.1 Å². The number of hydrogen-bond donors (Lipinski definition) is 2. The maximum absolute atomic E-state index is 12.2. The first-order valence-corrected chi connectivity index (χ1v) is 6.33. The quantitative estimate of drug-likeness (QED) is 0.840. The zero-order chi connectivity index (χ0) is 13.8. The van der Waals surface area contributed by atoms with Gasteiger partial charge in [0.1, 0.15) is 11.0 Å². The Morgan fingerprint density at radius 3 is 2.58 bits per heavy atom. The fourth-order valence-electron chi connectivity index (χ4n) is 1.83. The molecular formula is C14H15N3OS. The minimum absolute atomic E-state index is 0.111. The Labute approximate surface area is 117 Å². The summed E-state index contributed by atoms with van der Waals surface area (Å²) in [5.74, 6) is -0.111. The van der Waals surface area contributed by atoms with Crippen molar-refractivity contribution < 1.29 is 4.79 Å². The average molecular weight is 273 g/mol. The number of nitrogens with zero attached hydrogens (tertiary/aromatic N) is 1. The van der Waals surface area contributed by atoms with Crippen LogP contribution in [-0.4, -0.2) is 15.5 Å². The molecule has 5 heteroatoms. The van der Waals surface area contributed by atoms with Gasteiger partial charge < -0.3 is 15.6 Å². The number of aromatic nitrogens is 1. The minimum Gasteiger partial charge on any atom is -0.388 e. The van der Waals surface area contributed by atoms with Gasteiger partial charge in [-0.2, -0.15) is 0 Å². The molecule has 0 fully saturated rings. The molecule has 3 N–H and O–H groups in total. The molecular weight excluding hydrogens is 258 g/mol. The lowest BCUT2D eigenvalue weighted by atomic mass is 10.2. The topological polar surface area (TPSA) is 60.0 Å². The van der Waals surface area contributed by atoms with Gasteiger partial charge in [-0.3, -0.25) is 4.79 Å². The highest BCUT2D eigenvalue weighted by Gasteiger charge is 2.17. The number of rotatable bonds is 4. The van der Waals surface area contributed by atoms with Gasteiger partial charge in [0.25, 0.3) is 0 Å². The molecule has 0 saturated carbocycles. The molecule has 1 amide bonds. The summed E-state index contributed by atoms with van der Waals surface area (Å²) in [6.07, 6.45) is 1.80. The summed E-state index contributed by atoms with van der Waals surface area (Å²) in [5, 5.41) is 2.85. The number of thiocarbonyl (C=S) groups is 1. The lowest BCUT2D eigenvalue weighted by Crippen LogP contribution is -2.26. The van der Waals surface area contributed by atoms with Crippen LogP contribution in [0.5, 0.6) is 0 Å². The lowest BCUT2D eigenvalue weighted by molar-refractivity contribution is -0.118. The molecule has 19 heavy (non-hydrogen) atoms. The van der Waals surface area contributed by atoms with Crippen LogP contribution in [0.25, 0.3) is 0 Å². The van der Waals surface area contributed by atoms with Crippen LogP contribution in [0.4, 0.5) is 5.69 Å². The Kier molecular flexibility index (Phi) is 3.97. The van der Waals surface area contributed by atoms with Crippen molar-refractivity contribution in [2.75, 3.05) is 5.32 Å². The second kappa shape index (κ2) is 5.67. The van der Waals surface area contributed by atoms with Crippen molar-refractivity contribution in [2.45, 2.75) is 13.0 Å². The van der Waals surface area contributed by atoms with Crippen LogP contribution in [0.1, 0.15) is 18.7 Å².